The van der Waals surface area contributed by atoms with E-state index in [-0.39, 0.29) is 0 Å². The van der Waals surface area contributed by atoms with Crippen LogP contribution in [0.25, 0.3) is 0 Å². The molecule has 0 N–H and O–H groups in total. The van der Waals surface area contributed by atoms with Gasteiger partial charge in [0.2, 0.25) is 12.0 Å². The minimum atomic E-state index is -3.59. The number of halogens is 6. The summed E-state index contributed by atoms with van der Waals surface area (Å²) in [4.78, 5) is 0. The van der Waals surface area contributed by atoms with Gasteiger partial charge in [-0.25, -0.2) is 8.78 Å². The maximum Gasteiger partial charge on any atom is 0.350 e. The Morgan fingerprint density at radius 2 is 1.30 bits per heavy atom. The van der Waals surface area contributed by atoms with Gasteiger partial charge in [0.05, 0.1) is 0 Å². The van der Waals surface area contributed by atoms with Crippen molar-refractivity contribution in [2.45, 2.75) is 6.17 Å². The molecule has 0 aliphatic heterocycles. The van der Waals surface area contributed by atoms with Crippen LogP contribution in [-0.4, -0.2) is 6.17 Å². The van der Waals surface area contributed by atoms with Crippen molar-refractivity contribution >= 4 is 0 Å². The van der Waals surface area contributed by atoms with E-state index in [1.165, 1.54) is 0 Å². The Bertz CT molecular complexity index is 135. The number of hydrogen-bond donors (Lipinski definition) is 0. The number of rotatable bonds is 2. The molecule has 0 saturated carbocycles. The van der Waals surface area contributed by atoms with Crippen LogP contribution in [0.5, 0.6) is 0 Å². The molecule has 0 aliphatic rings. The van der Waals surface area contributed by atoms with Crippen LogP contribution in [0, 0.1) is 6.43 Å². The molecule has 0 spiro atoms. The zero-order valence-corrected chi connectivity index (χ0v) is 4.35. The molecule has 1 atom stereocenters. The Morgan fingerprint density at radius 1 is 0.900 bits per heavy atom. The molecule has 0 rings (SSSR count). The van der Waals surface area contributed by atoms with Gasteiger partial charge in [0.1, 0.15) is 0 Å². The summed E-state index contributed by atoms with van der Waals surface area (Å²) in [5.74, 6) is -2.74. The Balaban J connectivity index is 4.22. The lowest BCUT2D eigenvalue weighted by molar-refractivity contribution is 0.155. The van der Waals surface area contributed by atoms with Gasteiger partial charge in [-0.15, -0.1) is 0 Å². The molecule has 0 aromatic rings. The molecule has 6 heteroatoms. The zero-order chi connectivity index (χ0) is 8.31. The second kappa shape index (κ2) is 3.48. The molecule has 59 valence electrons. The first kappa shape index (κ1) is 9.32. The summed E-state index contributed by atoms with van der Waals surface area (Å²) >= 11 is 0. The van der Waals surface area contributed by atoms with Crippen molar-refractivity contribution in [1.82, 2.24) is 0 Å². The van der Waals surface area contributed by atoms with Crippen molar-refractivity contribution in [3.8, 4) is 0 Å². The Labute approximate surface area is 52.1 Å². The smallest absolute Gasteiger partial charge is 0.232 e. The Kier molecular flexibility index (Phi) is 3.24. The fourth-order valence-corrected chi connectivity index (χ4v) is 0.192. The van der Waals surface area contributed by atoms with E-state index in [1.54, 1.807) is 0 Å². The van der Waals surface area contributed by atoms with E-state index >= 15 is 0 Å². The van der Waals surface area contributed by atoms with Crippen molar-refractivity contribution in [2.24, 2.45) is 0 Å². The van der Waals surface area contributed by atoms with Crippen LogP contribution >= 0.6 is 0 Å². The van der Waals surface area contributed by atoms with E-state index in [0.29, 0.717) is 0 Å². The summed E-state index contributed by atoms with van der Waals surface area (Å²) in [5.41, 5.74) is 0. The molecule has 0 aromatic carbocycles. The molecular weight excluding hydrogens is 162 g/mol. The van der Waals surface area contributed by atoms with Crippen molar-refractivity contribution in [3.63, 3.8) is 0 Å². The van der Waals surface area contributed by atoms with E-state index in [4.69, 9.17) is 0 Å². The van der Waals surface area contributed by atoms with Gasteiger partial charge in [-0.3, -0.25) is 0 Å². The highest BCUT2D eigenvalue weighted by molar-refractivity contribution is 5.04. The summed E-state index contributed by atoms with van der Waals surface area (Å²) in [5, 5.41) is 0. The fraction of sp³-hybridized carbons (Fsp3) is 0.250. The highest BCUT2D eigenvalue weighted by Gasteiger charge is 2.30. The van der Waals surface area contributed by atoms with Gasteiger partial charge in [-0.2, -0.15) is 17.6 Å². The van der Waals surface area contributed by atoms with Gasteiger partial charge in [0.15, 0.2) is 0 Å². The molecule has 0 aromatic heterocycles. The summed E-state index contributed by atoms with van der Waals surface area (Å²) in [6.45, 7) is 0. The number of allylic oxidation sites excluding steroid dienone is 1. The Hall–Kier alpha value is -0.680. The molecule has 1 radical (unpaired) electrons. The van der Waals surface area contributed by atoms with E-state index in [9.17, 15) is 26.3 Å². The van der Waals surface area contributed by atoms with Crippen molar-refractivity contribution in [3.05, 3.63) is 18.3 Å². The Morgan fingerprint density at radius 3 is 1.40 bits per heavy atom. The van der Waals surface area contributed by atoms with E-state index in [0.717, 1.165) is 0 Å². The molecule has 0 heterocycles. The summed E-state index contributed by atoms with van der Waals surface area (Å²) in [6, 6.07) is 0. The van der Waals surface area contributed by atoms with Crippen molar-refractivity contribution in [2.75, 3.05) is 0 Å². The maximum atomic E-state index is 11.5. The second-order valence-electron chi connectivity index (χ2n) is 1.26. The minimum Gasteiger partial charge on any atom is -0.232 e. The third kappa shape index (κ3) is 2.28. The topological polar surface area (TPSA) is 0 Å². The van der Waals surface area contributed by atoms with Gasteiger partial charge < -0.3 is 0 Å². The van der Waals surface area contributed by atoms with Gasteiger partial charge >= 0.3 is 12.5 Å². The standard InChI is InChI=1S/C4HF6/c5-1(3(7)8)2(6)4(9)10/h1H. The average molecular weight is 163 g/mol. The molecule has 0 amide bonds. The predicted octanol–water partition coefficient (Wildman–Crippen LogP) is 2.83. The van der Waals surface area contributed by atoms with Crippen LogP contribution in [0.1, 0.15) is 0 Å². The lowest BCUT2D eigenvalue weighted by atomic mass is 10.4. The van der Waals surface area contributed by atoms with Crippen LogP contribution in [0.15, 0.2) is 11.9 Å². The number of alkyl halides is 1. The van der Waals surface area contributed by atoms with E-state index in [1.807, 2.05) is 0 Å². The largest absolute Gasteiger partial charge is 0.350 e. The third-order valence-electron chi connectivity index (χ3n) is 0.595. The van der Waals surface area contributed by atoms with Crippen molar-refractivity contribution < 1.29 is 26.3 Å². The second-order valence-corrected chi connectivity index (χ2v) is 1.26. The van der Waals surface area contributed by atoms with Gasteiger partial charge in [-0.05, 0) is 0 Å². The molecule has 0 aliphatic carbocycles. The van der Waals surface area contributed by atoms with Crippen LogP contribution in [0.3, 0.4) is 0 Å². The quantitative estimate of drug-likeness (QED) is 0.549. The first-order valence-electron chi connectivity index (χ1n) is 1.99. The van der Waals surface area contributed by atoms with Crippen LogP contribution in [0.2, 0.25) is 0 Å². The zero-order valence-electron chi connectivity index (χ0n) is 4.35. The monoisotopic (exact) mass is 163 g/mol. The minimum absolute atomic E-state index is 2.74. The molecule has 0 bridgehead atoms. The van der Waals surface area contributed by atoms with Gasteiger partial charge in [0, 0.05) is 0 Å². The summed E-state index contributed by atoms with van der Waals surface area (Å²) < 4.78 is 66.8. The number of hydrogen-bond acceptors (Lipinski definition) is 0. The molecule has 10 heavy (non-hydrogen) atoms. The highest BCUT2D eigenvalue weighted by Crippen LogP contribution is 2.25. The van der Waals surface area contributed by atoms with Crippen LogP contribution < -0.4 is 0 Å². The lowest BCUT2D eigenvalue weighted by Gasteiger charge is -1.99. The normalized spacial score (nSPS) is 13.5. The van der Waals surface area contributed by atoms with Crippen molar-refractivity contribution in [1.29, 1.82) is 0 Å². The summed E-state index contributed by atoms with van der Waals surface area (Å²) in [6.07, 6.45) is -9.68. The average Bonchev–Trinajstić information content (AvgIpc) is 1.84. The molecular formula is C4HF6. The van der Waals surface area contributed by atoms with E-state index < -0.39 is 24.5 Å². The first-order chi connectivity index (χ1) is 4.46. The van der Waals surface area contributed by atoms with E-state index in [2.05, 4.69) is 0 Å². The summed E-state index contributed by atoms with van der Waals surface area (Å²) in [7, 11) is 0. The molecule has 0 saturated heterocycles. The first-order valence-corrected chi connectivity index (χ1v) is 1.99. The lowest BCUT2D eigenvalue weighted by Crippen LogP contribution is -2.05. The third-order valence-corrected chi connectivity index (χ3v) is 0.595. The van der Waals surface area contributed by atoms with Gasteiger partial charge in [-0.1, -0.05) is 0 Å². The predicted molar refractivity (Wildman–Crippen MR) is 20.7 cm³/mol. The highest BCUT2D eigenvalue weighted by atomic mass is 19.3. The molecule has 0 nitrogen and oxygen atoms in total. The SMILES string of the molecule is F[C](F)C(F)C(F)=C(F)F. The van der Waals surface area contributed by atoms with Gasteiger partial charge in [0.25, 0.3) is 0 Å². The van der Waals surface area contributed by atoms with Crippen LogP contribution in [0.4, 0.5) is 26.3 Å². The van der Waals surface area contributed by atoms with Crippen LogP contribution in [-0.2, 0) is 0 Å². The molecule has 1 unspecified atom stereocenters. The molecule has 0 fully saturated rings. The fourth-order valence-electron chi connectivity index (χ4n) is 0.192. The maximum absolute atomic E-state index is 11.5.